The largest absolute Gasteiger partial charge is 0.307 e. The molecule has 0 aliphatic carbocycles. The van der Waals surface area contributed by atoms with E-state index in [-0.39, 0.29) is 5.56 Å². The Morgan fingerprint density at radius 1 is 0.950 bits per heavy atom. The molecule has 0 radical (unpaired) electrons. The van der Waals surface area contributed by atoms with E-state index in [1.54, 1.807) is 0 Å². The quantitative estimate of drug-likeness (QED) is 0.789. The van der Waals surface area contributed by atoms with Gasteiger partial charge in [-0.3, -0.25) is 4.79 Å². The summed E-state index contributed by atoms with van der Waals surface area (Å²) in [6.07, 6.45) is 1.73. The minimum atomic E-state index is -0.228. The van der Waals surface area contributed by atoms with Gasteiger partial charge in [-0.2, -0.15) is 5.10 Å². The summed E-state index contributed by atoms with van der Waals surface area (Å²) < 4.78 is 0. The molecule has 0 saturated carbocycles. The van der Waals surface area contributed by atoms with Gasteiger partial charge in [0.05, 0.1) is 0 Å². The van der Waals surface area contributed by atoms with Crippen molar-refractivity contribution >= 4 is 0 Å². The van der Waals surface area contributed by atoms with E-state index in [4.69, 9.17) is 0 Å². The minimum Gasteiger partial charge on any atom is -0.307 e. The van der Waals surface area contributed by atoms with Crippen LogP contribution in [0.1, 0.15) is 11.4 Å². The van der Waals surface area contributed by atoms with Crippen molar-refractivity contribution in [1.82, 2.24) is 15.2 Å². The topological polar surface area (TPSA) is 58.6 Å². The maximum atomic E-state index is 11.2. The van der Waals surface area contributed by atoms with E-state index in [9.17, 15) is 4.79 Å². The van der Waals surface area contributed by atoms with Crippen molar-refractivity contribution in [1.29, 1.82) is 0 Å². The van der Waals surface area contributed by atoms with E-state index in [2.05, 4.69) is 39.4 Å². The van der Waals surface area contributed by atoms with Crippen LogP contribution in [0.15, 0.2) is 65.6 Å². The number of nitrogens with one attached hydrogen (secondary N) is 1. The lowest BCUT2D eigenvalue weighted by Gasteiger charge is -2.05. The Kier molecular flexibility index (Phi) is 3.37. The van der Waals surface area contributed by atoms with E-state index in [0.717, 1.165) is 11.1 Å². The first-order valence-corrected chi connectivity index (χ1v) is 6.36. The number of nitrogens with zero attached hydrogens (tertiary/aromatic N) is 2. The molecule has 2 aromatic carbocycles. The Morgan fingerprint density at radius 3 is 2.55 bits per heavy atom. The van der Waals surface area contributed by atoms with Crippen LogP contribution in [0.25, 0.3) is 11.1 Å². The first kappa shape index (κ1) is 12.3. The fourth-order valence-corrected chi connectivity index (χ4v) is 2.11. The molecule has 0 aliphatic heterocycles. The summed E-state index contributed by atoms with van der Waals surface area (Å²) in [7, 11) is 0. The predicted molar refractivity (Wildman–Crippen MR) is 77.3 cm³/mol. The van der Waals surface area contributed by atoms with Gasteiger partial charge in [0.25, 0.3) is 5.56 Å². The van der Waals surface area contributed by atoms with Gasteiger partial charge in [-0.15, -0.1) is 5.10 Å². The summed E-state index contributed by atoms with van der Waals surface area (Å²) in [5, 5.41) is 7.60. The van der Waals surface area contributed by atoms with Crippen LogP contribution in [-0.2, 0) is 6.42 Å². The molecule has 0 bridgehead atoms. The molecule has 0 atom stereocenters. The first-order chi connectivity index (χ1) is 9.81. The van der Waals surface area contributed by atoms with Crippen LogP contribution in [0, 0.1) is 0 Å². The smallest absolute Gasteiger partial charge is 0.269 e. The highest BCUT2D eigenvalue weighted by atomic mass is 16.1. The molecule has 0 aliphatic rings. The Balaban J connectivity index is 1.90. The number of aromatic nitrogens is 3. The van der Waals surface area contributed by atoms with Gasteiger partial charge in [-0.05, 0) is 16.7 Å². The molecule has 0 saturated heterocycles. The molecule has 1 N–H and O–H groups in total. The van der Waals surface area contributed by atoms with Crippen molar-refractivity contribution in [2.75, 3.05) is 0 Å². The lowest BCUT2D eigenvalue weighted by molar-refractivity contribution is 0.845. The average molecular weight is 263 g/mol. The summed E-state index contributed by atoms with van der Waals surface area (Å²) in [4.78, 5) is 13.9. The molecule has 1 aromatic heterocycles. The van der Waals surface area contributed by atoms with Crippen molar-refractivity contribution in [2.45, 2.75) is 6.42 Å². The van der Waals surface area contributed by atoms with Crippen LogP contribution in [-0.4, -0.2) is 15.2 Å². The third-order valence-corrected chi connectivity index (χ3v) is 3.03. The maximum absolute atomic E-state index is 11.2. The normalized spacial score (nSPS) is 10.4. The van der Waals surface area contributed by atoms with Gasteiger partial charge >= 0.3 is 0 Å². The van der Waals surface area contributed by atoms with Gasteiger partial charge < -0.3 is 4.98 Å². The Hall–Kier alpha value is -2.75. The zero-order chi connectivity index (χ0) is 13.8. The first-order valence-electron chi connectivity index (χ1n) is 6.36. The van der Waals surface area contributed by atoms with Gasteiger partial charge in [0.2, 0.25) is 0 Å². The van der Waals surface area contributed by atoms with Gasteiger partial charge in [0.15, 0.2) is 0 Å². The number of rotatable bonds is 3. The second kappa shape index (κ2) is 5.48. The van der Waals surface area contributed by atoms with Crippen molar-refractivity contribution in [2.24, 2.45) is 0 Å². The zero-order valence-electron chi connectivity index (χ0n) is 10.8. The third kappa shape index (κ3) is 2.80. The summed E-state index contributed by atoms with van der Waals surface area (Å²) in [5.74, 6) is 0.572. The van der Waals surface area contributed by atoms with Gasteiger partial charge in [0, 0.05) is 6.42 Å². The van der Waals surface area contributed by atoms with Crippen molar-refractivity contribution in [3.63, 3.8) is 0 Å². The molecule has 3 rings (SSSR count). The number of hydrogen-bond donors (Lipinski definition) is 1. The van der Waals surface area contributed by atoms with E-state index < -0.39 is 0 Å². The van der Waals surface area contributed by atoms with E-state index in [1.165, 1.54) is 11.8 Å². The molecular formula is C16H13N3O. The zero-order valence-corrected chi connectivity index (χ0v) is 10.8. The monoisotopic (exact) mass is 263 g/mol. The molecule has 0 amide bonds. The second-order valence-corrected chi connectivity index (χ2v) is 4.52. The number of benzene rings is 2. The Labute approximate surface area is 116 Å². The standard InChI is InChI=1S/C16H13N3O/c20-16-11-17-19-15(18-16)10-12-5-4-8-14(9-12)13-6-2-1-3-7-13/h1-9,11H,10H2,(H,18,19,20). The molecular weight excluding hydrogens is 250 g/mol. The number of hydrogen-bond acceptors (Lipinski definition) is 3. The van der Waals surface area contributed by atoms with Crippen LogP contribution in [0.3, 0.4) is 0 Å². The molecule has 4 nitrogen and oxygen atoms in total. The van der Waals surface area contributed by atoms with Gasteiger partial charge in [0.1, 0.15) is 12.0 Å². The highest BCUT2D eigenvalue weighted by Gasteiger charge is 2.02. The number of H-pyrrole nitrogens is 1. The molecule has 1 heterocycles. The van der Waals surface area contributed by atoms with Crippen LogP contribution in [0.5, 0.6) is 0 Å². The van der Waals surface area contributed by atoms with E-state index in [0.29, 0.717) is 12.2 Å². The fraction of sp³-hybridized carbons (Fsp3) is 0.0625. The van der Waals surface area contributed by atoms with Crippen molar-refractivity contribution in [3.05, 3.63) is 82.5 Å². The summed E-state index contributed by atoms with van der Waals surface area (Å²) in [6.45, 7) is 0. The van der Waals surface area contributed by atoms with E-state index in [1.807, 2.05) is 30.3 Å². The molecule has 4 heteroatoms. The second-order valence-electron chi connectivity index (χ2n) is 4.52. The van der Waals surface area contributed by atoms with Gasteiger partial charge in [-0.1, -0.05) is 54.6 Å². The van der Waals surface area contributed by atoms with E-state index >= 15 is 0 Å². The van der Waals surface area contributed by atoms with Crippen LogP contribution in [0.4, 0.5) is 0 Å². The molecule has 3 aromatic rings. The van der Waals surface area contributed by atoms with Crippen molar-refractivity contribution < 1.29 is 0 Å². The third-order valence-electron chi connectivity index (χ3n) is 3.03. The van der Waals surface area contributed by atoms with Crippen LogP contribution < -0.4 is 5.56 Å². The lowest BCUT2D eigenvalue weighted by atomic mass is 10.0. The molecule has 20 heavy (non-hydrogen) atoms. The van der Waals surface area contributed by atoms with Crippen molar-refractivity contribution in [3.8, 4) is 11.1 Å². The SMILES string of the molecule is O=c1cnnc(Cc2cccc(-c3ccccc3)c2)[nH]1. The maximum Gasteiger partial charge on any atom is 0.269 e. The molecule has 0 fully saturated rings. The Bertz CT molecular complexity index is 766. The highest BCUT2D eigenvalue weighted by molar-refractivity contribution is 5.64. The fourth-order valence-electron chi connectivity index (χ4n) is 2.11. The molecule has 0 unspecified atom stereocenters. The Morgan fingerprint density at radius 2 is 1.75 bits per heavy atom. The minimum absolute atomic E-state index is 0.228. The van der Waals surface area contributed by atoms with Crippen LogP contribution in [0.2, 0.25) is 0 Å². The highest BCUT2D eigenvalue weighted by Crippen LogP contribution is 2.20. The predicted octanol–water partition coefficient (Wildman–Crippen LogP) is 2.42. The molecule has 98 valence electrons. The van der Waals surface area contributed by atoms with Crippen LogP contribution >= 0.6 is 0 Å². The lowest BCUT2D eigenvalue weighted by Crippen LogP contribution is -2.11. The average Bonchev–Trinajstić information content (AvgIpc) is 2.48. The summed E-state index contributed by atoms with van der Waals surface area (Å²) in [6, 6.07) is 18.4. The number of aromatic amines is 1. The summed E-state index contributed by atoms with van der Waals surface area (Å²) in [5.41, 5.74) is 3.17. The molecule has 0 spiro atoms. The summed E-state index contributed by atoms with van der Waals surface area (Å²) >= 11 is 0. The van der Waals surface area contributed by atoms with Gasteiger partial charge in [-0.25, -0.2) is 0 Å².